The lowest BCUT2D eigenvalue weighted by molar-refractivity contribution is 0.711. The fourth-order valence-corrected chi connectivity index (χ4v) is 2.43. The zero-order chi connectivity index (χ0) is 15.1. The predicted octanol–water partition coefficient (Wildman–Crippen LogP) is 2.51. The van der Waals surface area contributed by atoms with Gasteiger partial charge in [-0.05, 0) is 31.7 Å². The molecular formula is C15H27N5. The van der Waals surface area contributed by atoms with Crippen molar-refractivity contribution < 1.29 is 0 Å². The first-order valence-electron chi connectivity index (χ1n) is 7.58. The third kappa shape index (κ3) is 3.46. The minimum absolute atomic E-state index is 0.0939. The Kier molecular flexibility index (Phi) is 6.42. The van der Waals surface area contributed by atoms with E-state index in [0.717, 1.165) is 61.4 Å². The molecule has 112 valence electrons. The molecular weight excluding hydrogens is 250 g/mol. The van der Waals surface area contributed by atoms with E-state index in [0.29, 0.717) is 0 Å². The van der Waals surface area contributed by atoms with Gasteiger partial charge >= 0.3 is 0 Å². The standard InChI is InChI=1S/C15H27N5/c1-5-9-10-20(8-4)15-13(14(16)17)11(6-2)12(7-3)18-19-15/h5-10H2,1-4H3,(H3,16,17). The number of nitrogens with two attached hydrogens (primary N) is 1. The maximum absolute atomic E-state index is 7.92. The van der Waals surface area contributed by atoms with Gasteiger partial charge in [-0.1, -0.05) is 27.2 Å². The Labute approximate surface area is 122 Å². The van der Waals surface area contributed by atoms with Crippen molar-refractivity contribution in [1.82, 2.24) is 10.2 Å². The molecule has 5 nitrogen and oxygen atoms in total. The van der Waals surface area contributed by atoms with Gasteiger partial charge in [0, 0.05) is 13.1 Å². The molecule has 1 rings (SSSR count). The van der Waals surface area contributed by atoms with E-state index in [1.165, 1.54) is 0 Å². The van der Waals surface area contributed by atoms with Crippen LogP contribution < -0.4 is 10.6 Å². The van der Waals surface area contributed by atoms with Gasteiger partial charge in [-0.25, -0.2) is 0 Å². The van der Waals surface area contributed by atoms with Gasteiger partial charge in [0.1, 0.15) is 5.84 Å². The van der Waals surface area contributed by atoms with E-state index in [-0.39, 0.29) is 5.84 Å². The first kappa shape index (κ1) is 16.4. The summed E-state index contributed by atoms with van der Waals surface area (Å²) in [5.74, 6) is 0.860. The Balaban J connectivity index is 3.34. The van der Waals surface area contributed by atoms with Gasteiger partial charge in [-0.2, -0.15) is 5.10 Å². The third-order valence-corrected chi connectivity index (χ3v) is 3.56. The summed E-state index contributed by atoms with van der Waals surface area (Å²) in [5, 5.41) is 16.6. The van der Waals surface area contributed by atoms with E-state index in [2.05, 4.69) is 42.8 Å². The number of hydrogen-bond acceptors (Lipinski definition) is 4. The molecule has 1 heterocycles. The second-order valence-electron chi connectivity index (χ2n) is 4.88. The second-order valence-corrected chi connectivity index (χ2v) is 4.88. The van der Waals surface area contributed by atoms with Crippen molar-refractivity contribution in [2.75, 3.05) is 18.0 Å². The summed E-state index contributed by atoms with van der Waals surface area (Å²) in [5.41, 5.74) is 8.62. The zero-order valence-electron chi connectivity index (χ0n) is 13.2. The lowest BCUT2D eigenvalue weighted by Crippen LogP contribution is -2.30. The number of aryl methyl sites for hydroxylation is 1. The van der Waals surface area contributed by atoms with Crippen LogP contribution in [0.2, 0.25) is 0 Å². The number of nitrogen functional groups attached to an aromatic ring is 1. The Morgan fingerprint density at radius 3 is 2.30 bits per heavy atom. The highest BCUT2D eigenvalue weighted by molar-refractivity contribution is 6.01. The molecule has 0 radical (unpaired) electrons. The largest absolute Gasteiger partial charge is 0.384 e. The van der Waals surface area contributed by atoms with Gasteiger partial charge in [0.2, 0.25) is 0 Å². The number of nitrogens with one attached hydrogen (secondary N) is 1. The minimum Gasteiger partial charge on any atom is -0.384 e. The molecule has 0 aromatic carbocycles. The average Bonchev–Trinajstić information content (AvgIpc) is 2.46. The second kappa shape index (κ2) is 7.82. The van der Waals surface area contributed by atoms with Crippen molar-refractivity contribution in [1.29, 1.82) is 5.41 Å². The quantitative estimate of drug-likeness (QED) is 0.565. The van der Waals surface area contributed by atoms with Gasteiger partial charge in [0.15, 0.2) is 5.82 Å². The lowest BCUT2D eigenvalue weighted by Gasteiger charge is -2.25. The van der Waals surface area contributed by atoms with E-state index in [1.807, 2.05) is 0 Å². The summed E-state index contributed by atoms with van der Waals surface area (Å²) in [7, 11) is 0. The fraction of sp³-hybridized carbons (Fsp3) is 0.667. The molecule has 0 bridgehead atoms. The maximum atomic E-state index is 7.92. The number of hydrogen-bond donors (Lipinski definition) is 2. The predicted molar refractivity (Wildman–Crippen MR) is 84.6 cm³/mol. The maximum Gasteiger partial charge on any atom is 0.162 e. The van der Waals surface area contributed by atoms with E-state index < -0.39 is 0 Å². The van der Waals surface area contributed by atoms with Crippen molar-refractivity contribution >= 4 is 11.7 Å². The van der Waals surface area contributed by atoms with Crippen LogP contribution in [-0.4, -0.2) is 29.1 Å². The number of amidine groups is 1. The van der Waals surface area contributed by atoms with Crippen LogP contribution >= 0.6 is 0 Å². The van der Waals surface area contributed by atoms with Gasteiger partial charge in [-0.3, -0.25) is 5.41 Å². The zero-order valence-corrected chi connectivity index (χ0v) is 13.2. The molecule has 0 atom stereocenters. The van der Waals surface area contributed by atoms with E-state index in [9.17, 15) is 0 Å². The summed E-state index contributed by atoms with van der Waals surface area (Å²) in [6, 6.07) is 0. The highest BCUT2D eigenvalue weighted by Gasteiger charge is 2.20. The van der Waals surface area contributed by atoms with Gasteiger partial charge in [0.05, 0.1) is 11.3 Å². The number of rotatable bonds is 8. The number of nitrogens with zero attached hydrogens (tertiary/aromatic N) is 3. The molecule has 0 aliphatic rings. The van der Waals surface area contributed by atoms with Crippen molar-refractivity contribution in [3.8, 4) is 0 Å². The minimum atomic E-state index is 0.0939. The monoisotopic (exact) mass is 277 g/mol. The van der Waals surface area contributed by atoms with Crippen molar-refractivity contribution in [3.05, 3.63) is 16.8 Å². The molecule has 0 saturated carbocycles. The summed E-state index contributed by atoms with van der Waals surface area (Å²) < 4.78 is 0. The fourth-order valence-electron chi connectivity index (χ4n) is 2.43. The van der Waals surface area contributed by atoms with Crippen LogP contribution in [0.5, 0.6) is 0 Å². The molecule has 0 amide bonds. The molecule has 0 spiro atoms. The van der Waals surface area contributed by atoms with E-state index >= 15 is 0 Å². The number of unbranched alkanes of at least 4 members (excludes halogenated alkanes) is 1. The van der Waals surface area contributed by atoms with Crippen LogP contribution in [-0.2, 0) is 12.8 Å². The van der Waals surface area contributed by atoms with Gasteiger partial charge in [0.25, 0.3) is 0 Å². The Hall–Kier alpha value is -1.65. The molecule has 0 unspecified atom stereocenters. The van der Waals surface area contributed by atoms with E-state index in [1.54, 1.807) is 0 Å². The van der Waals surface area contributed by atoms with E-state index in [4.69, 9.17) is 11.1 Å². The third-order valence-electron chi connectivity index (χ3n) is 3.56. The highest BCUT2D eigenvalue weighted by atomic mass is 15.3. The van der Waals surface area contributed by atoms with Crippen molar-refractivity contribution in [2.24, 2.45) is 5.73 Å². The van der Waals surface area contributed by atoms with Crippen molar-refractivity contribution in [2.45, 2.75) is 53.4 Å². The average molecular weight is 277 g/mol. The van der Waals surface area contributed by atoms with Gasteiger partial charge in [-0.15, -0.1) is 5.10 Å². The molecule has 5 heteroatoms. The van der Waals surface area contributed by atoms with Crippen LogP contribution in [0.25, 0.3) is 0 Å². The van der Waals surface area contributed by atoms with Gasteiger partial charge < -0.3 is 10.6 Å². The van der Waals surface area contributed by atoms with Crippen LogP contribution in [0.4, 0.5) is 5.82 Å². The summed E-state index contributed by atoms with van der Waals surface area (Å²) in [4.78, 5) is 2.17. The number of anilines is 1. The van der Waals surface area contributed by atoms with Crippen LogP contribution in [0, 0.1) is 5.41 Å². The Morgan fingerprint density at radius 1 is 1.15 bits per heavy atom. The molecule has 20 heavy (non-hydrogen) atoms. The molecule has 3 N–H and O–H groups in total. The lowest BCUT2D eigenvalue weighted by atomic mass is 10.0. The summed E-state index contributed by atoms with van der Waals surface area (Å²) >= 11 is 0. The van der Waals surface area contributed by atoms with Crippen LogP contribution in [0.1, 0.15) is 57.4 Å². The van der Waals surface area contributed by atoms with Crippen LogP contribution in [0.15, 0.2) is 0 Å². The Bertz CT molecular complexity index is 456. The normalized spacial score (nSPS) is 10.6. The molecule has 0 fully saturated rings. The molecule has 0 aliphatic carbocycles. The highest BCUT2D eigenvalue weighted by Crippen LogP contribution is 2.24. The first-order chi connectivity index (χ1) is 9.60. The van der Waals surface area contributed by atoms with Crippen LogP contribution in [0.3, 0.4) is 0 Å². The number of aromatic nitrogens is 2. The molecule has 1 aromatic heterocycles. The topological polar surface area (TPSA) is 78.9 Å². The summed E-state index contributed by atoms with van der Waals surface area (Å²) in [6.07, 6.45) is 3.88. The van der Waals surface area contributed by atoms with Crippen molar-refractivity contribution in [3.63, 3.8) is 0 Å². The first-order valence-corrected chi connectivity index (χ1v) is 7.58. The SMILES string of the molecule is CCCCN(CC)c1nnc(CC)c(CC)c1C(=N)N. The summed E-state index contributed by atoms with van der Waals surface area (Å²) in [6.45, 7) is 10.2. The molecule has 0 saturated heterocycles. The Morgan fingerprint density at radius 2 is 1.85 bits per heavy atom. The smallest absolute Gasteiger partial charge is 0.162 e. The molecule has 1 aromatic rings. The molecule has 0 aliphatic heterocycles.